The molecule has 0 fully saturated rings. The SMILES string of the molecule is C(=NNc1nnc(-c2ccccc2)c(-c2ccccc2)n1)c1cccnc1. The number of aromatic nitrogens is 4. The molecule has 6 nitrogen and oxygen atoms in total. The third kappa shape index (κ3) is 4.01. The number of benzene rings is 2. The highest BCUT2D eigenvalue weighted by molar-refractivity contribution is 5.80. The number of pyridine rings is 1. The summed E-state index contributed by atoms with van der Waals surface area (Å²) in [6, 6.07) is 23.6. The lowest BCUT2D eigenvalue weighted by Gasteiger charge is -2.09. The van der Waals surface area contributed by atoms with Crippen LogP contribution in [-0.4, -0.2) is 26.4 Å². The molecule has 0 saturated heterocycles. The maximum Gasteiger partial charge on any atom is 0.263 e. The average molecular weight is 352 g/mol. The van der Waals surface area contributed by atoms with Crippen molar-refractivity contribution in [1.29, 1.82) is 0 Å². The van der Waals surface area contributed by atoms with Crippen LogP contribution >= 0.6 is 0 Å². The Hall–Kier alpha value is -3.93. The summed E-state index contributed by atoms with van der Waals surface area (Å²) in [5, 5.41) is 12.7. The number of nitrogens with zero attached hydrogens (tertiary/aromatic N) is 5. The molecule has 6 heteroatoms. The number of rotatable bonds is 5. The van der Waals surface area contributed by atoms with E-state index in [4.69, 9.17) is 0 Å². The molecule has 4 rings (SSSR count). The van der Waals surface area contributed by atoms with Gasteiger partial charge in [-0.15, -0.1) is 10.2 Å². The lowest BCUT2D eigenvalue weighted by atomic mass is 10.0. The molecule has 2 aromatic heterocycles. The van der Waals surface area contributed by atoms with E-state index in [0.29, 0.717) is 5.95 Å². The van der Waals surface area contributed by atoms with Crippen LogP contribution in [0.5, 0.6) is 0 Å². The minimum absolute atomic E-state index is 0.327. The Morgan fingerprint density at radius 2 is 1.44 bits per heavy atom. The molecule has 0 atom stereocenters. The number of hydrogen-bond acceptors (Lipinski definition) is 6. The maximum atomic E-state index is 4.64. The molecule has 1 N–H and O–H groups in total. The molecule has 0 aliphatic heterocycles. The van der Waals surface area contributed by atoms with Gasteiger partial charge in [0.05, 0.1) is 6.21 Å². The van der Waals surface area contributed by atoms with Gasteiger partial charge in [0.2, 0.25) is 0 Å². The lowest BCUT2D eigenvalue weighted by Crippen LogP contribution is -2.03. The van der Waals surface area contributed by atoms with Crippen molar-refractivity contribution in [2.45, 2.75) is 0 Å². The molecule has 0 saturated carbocycles. The molecule has 0 spiro atoms. The van der Waals surface area contributed by atoms with E-state index in [9.17, 15) is 0 Å². The number of hydrazone groups is 1. The molecule has 130 valence electrons. The molecule has 0 amide bonds. The quantitative estimate of drug-likeness (QED) is 0.433. The van der Waals surface area contributed by atoms with Crippen LogP contribution in [-0.2, 0) is 0 Å². The third-order valence-electron chi connectivity index (χ3n) is 3.84. The Morgan fingerprint density at radius 1 is 0.741 bits per heavy atom. The van der Waals surface area contributed by atoms with E-state index in [1.165, 1.54) is 0 Å². The van der Waals surface area contributed by atoms with E-state index >= 15 is 0 Å². The molecule has 0 unspecified atom stereocenters. The van der Waals surface area contributed by atoms with Crippen molar-refractivity contribution >= 4 is 12.2 Å². The molecule has 0 bridgehead atoms. The zero-order valence-electron chi connectivity index (χ0n) is 14.4. The monoisotopic (exact) mass is 352 g/mol. The predicted octanol–water partition coefficient (Wildman–Crippen LogP) is 4.05. The van der Waals surface area contributed by atoms with Crippen molar-refractivity contribution in [3.05, 3.63) is 90.8 Å². The average Bonchev–Trinajstić information content (AvgIpc) is 2.76. The number of hydrogen-bond donors (Lipinski definition) is 1. The zero-order chi connectivity index (χ0) is 18.3. The van der Waals surface area contributed by atoms with Crippen LogP contribution in [0.15, 0.2) is 90.3 Å². The van der Waals surface area contributed by atoms with Gasteiger partial charge in [0.1, 0.15) is 11.4 Å². The van der Waals surface area contributed by atoms with E-state index in [1.807, 2.05) is 72.8 Å². The fourth-order valence-electron chi connectivity index (χ4n) is 2.58. The van der Waals surface area contributed by atoms with Crippen LogP contribution in [0, 0.1) is 0 Å². The smallest absolute Gasteiger partial charge is 0.263 e. The number of anilines is 1. The Morgan fingerprint density at radius 3 is 2.11 bits per heavy atom. The molecular weight excluding hydrogens is 336 g/mol. The van der Waals surface area contributed by atoms with Crippen molar-refractivity contribution in [2.75, 3.05) is 5.43 Å². The van der Waals surface area contributed by atoms with Crippen molar-refractivity contribution in [3.8, 4) is 22.5 Å². The summed E-state index contributed by atoms with van der Waals surface area (Å²) < 4.78 is 0. The summed E-state index contributed by atoms with van der Waals surface area (Å²) in [6.07, 6.45) is 5.09. The highest BCUT2D eigenvalue weighted by Gasteiger charge is 2.13. The van der Waals surface area contributed by atoms with Crippen LogP contribution in [0.4, 0.5) is 5.95 Å². The van der Waals surface area contributed by atoms with Crippen molar-refractivity contribution in [3.63, 3.8) is 0 Å². The minimum Gasteiger partial charge on any atom is -0.264 e. The van der Waals surface area contributed by atoms with E-state index in [0.717, 1.165) is 28.1 Å². The van der Waals surface area contributed by atoms with Crippen LogP contribution < -0.4 is 5.43 Å². The highest BCUT2D eigenvalue weighted by Crippen LogP contribution is 2.28. The van der Waals surface area contributed by atoms with Crippen LogP contribution in [0.2, 0.25) is 0 Å². The zero-order valence-corrected chi connectivity index (χ0v) is 14.4. The Kier molecular flexibility index (Phi) is 4.88. The lowest BCUT2D eigenvalue weighted by molar-refractivity contribution is 0.973. The van der Waals surface area contributed by atoms with Gasteiger partial charge in [0.25, 0.3) is 5.95 Å². The minimum atomic E-state index is 0.327. The van der Waals surface area contributed by atoms with E-state index < -0.39 is 0 Å². The summed E-state index contributed by atoms with van der Waals surface area (Å²) in [7, 11) is 0. The summed E-state index contributed by atoms with van der Waals surface area (Å²) in [6.45, 7) is 0. The predicted molar refractivity (Wildman–Crippen MR) is 106 cm³/mol. The highest BCUT2D eigenvalue weighted by atomic mass is 15.4. The molecule has 0 aliphatic carbocycles. The van der Waals surface area contributed by atoms with E-state index in [2.05, 4.69) is 30.7 Å². The largest absolute Gasteiger partial charge is 0.264 e. The molecular formula is C21H16N6. The fourth-order valence-corrected chi connectivity index (χ4v) is 2.58. The molecule has 2 aromatic carbocycles. The first-order valence-corrected chi connectivity index (χ1v) is 8.45. The second kappa shape index (κ2) is 7.97. The Balaban J connectivity index is 1.68. The Bertz CT molecular complexity index is 1030. The van der Waals surface area contributed by atoms with Gasteiger partial charge in [-0.05, 0) is 6.07 Å². The van der Waals surface area contributed by atoms with Crippen LogP contribution in [0.25, 0.3) is 22.5 Å². The molecule has 2 heterocycles. The summed E-state index contributed by atoms with van der Waals surface area (Å²) >= 11 is 0. The van der Waals surface area contributed by atoms with Gasteiger partial charge in [-0.2, -0.15) is 5.10 Å². The topological polar surface area (TPSA) is 76.0 Å². The normalized spacial score (nSPS) is 10.8. The van der Waals surface area contributed by atoms with E-state index in [-0.39, 0.29) is 0 Å². The Labute approximate surface area is 156 Å². The molecule has 0 radical (unpaired) electrons. The van der Waals surface area contributed by atoms with Crippen LogP contribution in [0.3, 0.4) is 0 Å². The van der Waals surface area contributed by atoms with Crippen molar-refractivity contribution in [1.82, 2.24) is 20.2 Å². The standard InChI is InChI=1S/C21H16N6/c1-3-9-17(10-4-1)19-20(18-11-5-2-6-12-18)25-27-21(24-19)26-23-15-16-8-7-13-22-14-16/h1-15H,(H,24,26,27). The van der Waals surface area contributed by atoms with Crippen molar-refractivity contribution in [2.24, 2.45) is 5.10 Å². The first-order valence-electron chi connectivity index (χ1n) is 8.45. The number of nitrogens with one attached hydrogen (secondary N) is 1. The first kappa shape index (κ1) is 16.5. The van der Waals surface area contributed by atoms with Crippen molar-refractivity contribution < 1.29 is 0 Å². The van der Waals surface area contributed by atoms with E-state index in [1.54, 1.807) is 18.6 Å². The third-order valence-corrected chi connectivity index (χ3v) is 3.84. The van der Waals surface area contributed by atoms with Crippen LogP contribution in [0.1, 0.15) is 5.56 Å². The molecule has 0 aliphatic rings. The molecule has 27 heavy (non-hydrogen) atoms. The van der Waals surface area contributed by atoms with Gasteiger partial charge in [-0.3, -0.25) is 4.98 Å². The molecule has 4 aromatic rings. The van der Waals surface area contributed by atoms with Gasteiger partial charge >= 0.3 is 0 Å². The van der Waals surface area contributed by atoms with Gasteiger partial charge in [-0.1, -0.05) is 66.7 Å². The second-order valence-electron chi connectivity index (χ2n) is 5.72. The van der Waals surface area contributed by atoms with Gasteiger partial charge in [0.15, 0.2) is 0 Å². The van der Waals surface area contributed by atoms with Gasteiger partial charge < -0.3 is 0 Å². The summed E-state index contributed by atoms with van der Waals surface area (Å²) in [5.74, 6) is 0.327. The van der Waals surface area contributed by atoms with Gasteiger partial charge in [0, 0.05) is 29.1 Å². The summed E-state index contributed by atoms with van der Waals surface area (Å²) in [4.78, 5) is 8.68. The first-order chi connectivity index (χ1) is 13.4. The van der Waals surface area contributed by atoms with Gasteiger partial charge in [-0.25, -0.2) is 10.4 Å². The summed E-state index contributed by atoms with van der Waals surface area (Å²) in [5.41, 5.74) is 7.11. The maximum absolute atomic E-state index is 4.64. The fraction of sp³-hybridized carbons (Fsp3) is 0. The second-order valence-corrected chi connectivity index (χ2v) is 5.72.